The molecule has 0 radical (unpaired) electrons. The molecule has 19 heavy (non-hydrogen) atoms. The van der Waals surface area contributed by atoms with Gasteiger partial charge in [0.25, 0.3) is 0 Å². The second-order valence-corrected chi connectivity index (χ2v) is 5.88. The van der Waals surface area contributed by atoms with Crippen LogP contribution in [0.2, 0.25) is 0 Å². The Balaban J connectivity index is 4.23. The van der Waals surface area contributed by atoms with Crippen LogP contribution in [0.25, 0.3) is 0 Å². The monoisotopic (exact) mass is 272 g/mol. The van der Waals surface area contributed by atoms with Crippen molar-refractivity contribution in [2.24, 2.45) is 0 Å². The fourth-order valence-electron chi connectivity index (χ4n) is 2.34. The molecule has 0 saturated heterocycles. The molecule has 0 bridgehead atoms. The average molecular weight is 272 g/mol. The number of hydrogen-bond donors (Lipinski definition) is 1. The van der Waals surface area contributed by atoms with Crippen molar-refractivity contribution >= 4 is 5.97 Å². The van der Waals surface area contributed by atoms with E-state index in [0.29, 0.717) is 0 Å². The number of nitrogens with one attached hydrogen (secondary N) is 1. The molecule has 0 aromatic heterocycles. The van der Waals surface area contributed by atoms with E-state index in [-0.39, 0.29) is 12.0 Å². The fraction of sp³-hybridized carbons (Fsp3) is 0.933. The summed E-state index contributed by atoms with van der Waals surface area (Å²) in [6.07, 6.45) is 4.24. The third kappa shape index (κ3) is 7.53. The summed E-state index contributed by atoms with van der Waals surface area (Å²) in [6, 6.07) is 0.266. The Hall–Kier alpha value is -0.610. The predicted molar refractivity (Wildman–Crippen MR) is 80.3 cm³/mol. The van der Waals surface area contributed by atoms with Crippen LogP contribution in [0, 0.1) is 0 Å². The quantitative estimate of drug-likeness (QED) is 0.620. The Bertz CT molecular complexity index is 257. The number of methoxy groups -OCH3 is 1. The SMILES string of the molecule is CCCCN(C)CCCC(C)(NC(C)C)C(=O)OC. The van der Waals surface area contributed by atoms with Gasteiger partial charge in [0.1, 0.15) is 5.54 Å². The summed E-state index contributed by atoms with van der Waals surface area (Å²) in [5.74, 6) is -0.169. The lowest BCUT2D eigenvalue weighted by Gasteiger charge is -2.31. The minimum absolute atomic E-state index is 0.169. The highest BCUT2D eigenvalue weighted by atomic mass is 16.5. The minimum atomic E-state index is -0.575. The van der Waals surface area contributed by atoms with E-state index in [1.807, 2.05) is 6.92 Å². The van der Waals surface area contributed by atoms with Crippen molar-refractivity contribution in [3.8, 4) is 0 Å². The van der Waals surface area contributed by atoms with Crippen molar-refractivity contribution in [2.75, 3.05) is 27.2 Å². The smallest absolute Gasteiger partial charge is 0.325 e. The number of esters is 1. The second kappa shape index (κ2) is 9.32. The zero-order valence-electron chi connectivity index (χ0n) is 13.6. The molecule has 1 N–H and O–H groups in total. The molecular formula is C15H32N2O2. The highest BCUT2D eigenvalue weighted by Gasteiger charge is 2.34. The molecule has 0 aliphatic carbocycles. The Morgan fingerprint density at radius 2 is 1.89 bits per heavy atom. The Morgan fingerprint density at radius 1 is 1.32 bits per heavy atom. The van der Waals surface area contributed by atoms with Gasteiger partial charge >= 0.3 is 5.97 Å². The van der Waals surface area contributed by atoms with Gasteiger partial charge in [-0.25, -0.2) is 0 Å². The van der Waals surface area contributed by atoms with Crippen molar-refractivity contribution in [1.29, 1.82) is 0 Å². The lowest BCUT2D eigenvalue weighted by molar-refractivity contribution is -0.148. The largest absolute Gasteiger partial charge is 0.468 e. The predicted octanol–water partition coefficient (Wildman–Crippen LogP) is 2.43. The molecule has 114 valence electrons. The topological polar surface area (TPSA) is 41.6 Å². The van der Waals surface area contributed by atoms with Gasteiger partial charge < -0.3 is 9.64 Å². The van der Waals surface area contributed by atoms with Gasteiger partial charge in [0.05, 0.1) is 7.11 Å². The van der Waals surface area contributed by atoms with Crippen LogP contribution >= 0.6 is 0 Å². The van der Waals surface area contributed by atoms with Crippen molar-refractivity contribution in [3.63, 3.8) is 0 Å². The van der Waals surface area contributed by atoms with Crippen LogP contribution in [0.5, 0.6) is 0 Å². The fourth-order valence-corrected chi connectivity index (χ4v) is 2.34. The molecule has 4 heteroatoms. The van der Waals surface area contributed by atoms with E-state index in [9.17, 15) is 4.79 Å². The van der Waals surface area contributed by atoms with Crippen molar-refractivity contribution in [3.05, 3.63) is 0 Å². The summed E-state index contributed by atoms with van der Waals surface area (Å²) in [5, 5.41) is 3.33. The molecule has 0 rings (SSSR count). The number of ether oxygens (including phenoxy) is 1. The lowest BCUT2D eigenvalue weighted by atomic mass is 9.94. The maximum Gasteiger partial charge on any atom is 0.325 e. The van der Waals surface area contributed by atoms with Gasteiger partial charge in [-0.3, -0.25) is 10.1 Å². The first kappa shape index (κ1) is 18.4. The lowest BCUT2D eigenvalue weighted by Crippen LogP contribution is -2.53. The van der Waals surface area contributed by atoms with Crippen LogP contribution in [0.1, 0.15) is 53.4 Å². The maximum absolute atomic E-state index is 11.9. The van der Waals surface area contributed by atoms with E-state index in [0.717, 1.165) is 25.9 Å². The summed E-state index contributed by atoms with van der Waals surface area (Å²) >= 11 is 0. The van der Waals surface area contributed by atoms with Crippen LogP contribution in [-0.4, -0.2) is 49.7 Å². The van der Waals surface area contributed by atoms with Crippen LogP contribution in [0.4, 0.5) is 0 Å². The van der Waals surface area contributed by atoms with Gasteiger partial charge in [0, 0.05) is 6.04 Å². The van der Waals surface area contributed by atoms with Crippen molar-refractivity contribution < 1.29 is 9.53 Å². The molecule has 0 fully saturated rings. The van der Waals surface area contributed by atoms with Crippen molar-refractivity contribution in [1.82, 2.24) is 10.2 Å². The Kier molecular flexibility index (Phi) is 9.02. The normalized spacial score (nSPS) is 14.7. The molecule has 0 amide bonds. The Labute approximate surface area is 118 Å². The zero-order valence-corrected chi connectivity index (χ0v) is 13.6. The van der Waals surface area contributed by atoms with E-state index in [1.54, 1.807) is 0 Å². The highest BCUT2D eigenvalue weighted by Crippen LogP contribution is 2.16. The number of nitrogens with zero attached hydrogens (tertiary/aromatic N) is 1. The highest BCUT2D eigenvalue weighted by molar-refractivity contribution is 5.80. The molecular weight excluding hydrogens is 240 g/mol. The molecule has 4 nitrogen and oxygen atoms in total. The van der Waals surface area contributed by atoms with E-state index >= 15 is 0 Å². The van der Waals surface area contributed by atoms with Crippen LogP contribution in [0.15, 0.2) is 0 Å². The van der Waals surface area contributed by atoms with E-state index < -0.39 is 5.54 Å². The molecule has 0 aliphatic heterocycles. The number of unbranched alkanes of at least 4 members (excludes halogenated alkanes) is 1. The molecule has 0 aliphatic rings. The zero-order chi connectivity index (χ0) is 14.9. The molecule has 0 aromatic carbocycles. The number of rotatable bonds is 10. The van der Waals surface area contributed by atoms with Gasteiger partial charge in [-0.05, 0) is 60.2 Å². The van der Waals surface area contributed by atoms with Gasteiger partial charge in [-0.1, -0.05) is 13.3 Å². The maximum atomic E-state index is 11.9. The molecule has 0 saturated carbocycles. The standard InChI is InChI=1S/C15H32N2O2/c1-7-8-11-17(5)12-9-10-15(4,14(18)19-6)16-13(2)3/h13,16H,7-12H2,1-6H3. The third-order valence-corrected chi connectivity index (χ3v) is 3.35. The average Bonchev–Trinajstić information content (AvgIpc) is 2.34. The summed E-state index contributed by atoms with van der Waals surface area (Å²) in [6.45, 7) is 10.4. The minimum Gasteiger partial charge on any atom is -0.468 e. The van der Waals surface area contributed by atoms with Gasteiger partial charge in [-0.2, -0.15) is 0 Å². The summed E-state index contributed by atoms with van der Waals surface area (Å²) in [4.78, 5) is 14.2. The van der Waals surface area contributed by atoms with Crippen LogP contribution in [-0.2, 0) is 9.53 Å². The molecule has 1 atom stereocenters. The summed E-state index contributed by atoms with van der Waals surface area (Å²) in [7, 11) is 3.59. The number of carbonyl (C=O) groups excluding carboxylic acids is 1. The van der Waals surface area contributed by atoms with Crippen LogP contribution in [0.3, 0.4) is 0 Å². The molecule has 0 aromatic rings. The second-order valence-electron chi connectivity index (χ2n) is 5.88. The number of hydrogen-bond acceptors (Lipinski definition) is 4. The molecule has 1 unspecified atom stereocenters. The first-order chi connectivity index (χ1) is 8.85. The Morgan fingerprint density at radius 3 is 2.37 bits per heavy atom. The first-order valence-electron chi connectivity index (χ1n) is 7.40. The van der Waals surface area contributed by atoms with Crippen molar-refractivity contribution in [2.45, 2.75) is 65.0 Å². The van der Waals surface area contributed by atoms with E-state index in [1.165, 1.54) is 20.0 Å². The van der Waals surface area contributed by atoms with Gasteiger partial charge in [0.15, 0.2) is 0 Å². The summed E-state index contributed by atoms with van der Waals surface area (Å²) < 4.78 is 4.92. The van der Waals surface area contributed by atoms with Crippen LogP contribution < -0.4 is 5.32 Å². The molecule has 0 heterocycles. The third-order valence-electron chi connectivity index (χ3n) is 3.35. The van der Waals surface area contributed by atoms with E-state index in [2.05, 4.69) is 38.0 Å². The van der Waals surface area contributed by atoms with E-state index in [4.69, 9.17) is 4.74 Å². The van der Waals surface area contributed by atoms with Gasteiger partial charge in [0.2, 0.25) is 0 Å². The first-order valence-corrected chi connectivity index (χ1v) is 7.40. The van der Waals surface area contributed by atoms with Gasteiger partial charge in [-0.15, -0.1) is 0 Å². The summed E-state index contributed by atoms with van der Waals surface area (Å²) in [5.41, 5.74) is -0.575. The molecule has 0 spiro atoms. The number of carbonyl (C=O) groups is 1.